The maximum Gasteiger partial charge on any atom is 0.449 e. The molecule has 0 atom stereocenters. The number of phenols is 1. The van der Waals surface area contributed by atoms with Crippen LogP contribution in [-0.2, 0) is 12.7 Å². The smallest absolute Gasteiger partial charge is 0.449 e. The molecule has 0 unspecified atom stereocenters. The molecule has 1 N–H and O–H groups in total. The van der Waals surface area contributed by atoms with Gasteiger partial charge in [0.15, 0.2) is 17.3 Å². The van der Waals surface area contributed by atoms with Crippen LogP contribution < -0.4 is 18.9 Å². The highest BCUT2D eigenvalue weighted by molar-refractivity contribution is 6.11. The molecule has 8 nitrogen and oxygen atoms in total. The van der Waals surface area contributed by atoms with Crippen LogP contribution >= 0.6 is 0 Å². The summed E-state index contributed by atoms with van der Waals surface area (Å²) in [6.45, 7) is 0.483. The Balaban J connectivity index is 1.33. The highest BCUT2D eigenvalue weighted by Crippen LogP contribution is 2.45. The van der Waals surface area contributed by atoms with Gasteiger partial charge in [0.25, 0.3) is 0 Å². The van der Waals surface area contributed by atoms with Crippen LogP contribution in [0.4, 0.5) is 13.2 Å². The number of aromatic hydroxyl groups is 1. The zero-order chi connectivity index (χ0) is 29.6. The highest BCUT2D eigenvalue weighted by atomic mass is 19.4. The molecule has 1 heterocycles. The van der Waals surface area contributed by atoms with Crippen molar-refractivity contribution < 1.29 is 42.0 Å². The Morgan fingerprint density at radius 1 is 0.976 bits per heavy atom. The molecule has 41 heavy (non-hydrogen) atoms. The fourth-order valence-electron chi connectivity index (χ4n) is 4.39. The number of fused-ring (bicyclic) bond motifs is 1. The number of imidazole rings is 1. The van der Waals surface area contributed by atoms with E-state index in [-0.39, 0.29) is 35.1 Å². The zero-order valence-corrected chi connectivity index (χ0v) is 22.7. The number of phenolic OH excluding ortho intramolecular Hbond substituents is 1. The van der Waals surface area contributed by atoms with Crippen molar-refractivity contribution in [3.63, 3.8) is 0 Å². The summed E-state index contributed by atoms with van der Waals surface area (Å²) in [5, 5.41) is 10.4. The number of nitrogens with zero attached hydrogens (tertiary/aromatic N) is 2. The van der Waals surface area contributed by atoms with E-state index >= 15 is 0 Å². The molecular formula is C30H29F3N2O6. The van der Waals surface area contributed by atoms with E-state index in [0.717, 1.165) is 0 Å². The van der Waals surface area contributed by atoms with Gasteiger partial charge in [-0.2, -0.15) is 13.2 Å². The molecule has 1 aromatic heterocycles. The molecule has 11 heteroatoms. The second-order valence-corrected chi connectivity index (χ2v) is 8.94. The fourth-order valence-corrected chi connectivity index (χ4v) is 4.39. The molecule has 0 spiro atoms. The van der Waals surface area contributed by atoms with Gasteiger partial charge in [-0.3, -0.25) is 4.79 Å². The number of alkyl halides is 3. The molecule has 0 bridgehead atoms. The van der Waals surface area contributed by atoms with Gasteiger partial charge < -0.3 is 28.6 Å². The summed E-state index contributed by atoms with van der Waals surface area (Å²) in [6.07, 6.45) is -0.649. The lowest BCUT2D eigenvalue weighted by Crippen LogP contribution is -2.15. The lowest BCUT2D eigenvalue weighted by molar-refractivity contribution is -0.147. The molecule has 0 aliphatic heterocycles. The average molecular weight is 571 g/mol. The molecule has 0 aliphatic rings. The van der Waals surface area contributed by atoms with Gasteiger partial charge in [-0.05, 0) is 48.7 Å². The maximum atomic E-state index is 13.5. The number of para-hydroxylation sites is 2. The number of aryl methyl sites for hydroxylation is 1. The number of allylic oxidation sites excluding steroid dienone is 1. The van der Waals surface area contributed by atoms with Crippen LogP contribution in [0, 0.1) is 0 Å². The molecule has 216 valence electrons. The Hall–Kier alpha value is -4.67. The number of benzene rings is 3. The van der Waals surface area contributed by atoms with Crippen LogP contribution in [0.25, 0.3) is 17.1 Å². The van der Waals surface area contributed by atoms with Crippen molar-refractivity contribution in [3.05, 3.63) is 77.6 Å². The van der Waals surface area contributed by atoms with Gasteiger partial charge >= 0.3 is 6.18 Å². The first-order valence-corrected chi connectivity index (χ1v) is 12.7. The van der Waals surface area contributed by atoms with Crippen molar-refractivity contribution in [3.8, 4) is 28.7 Å². The Bertz CT molecular complexity index is 1540. The van der Waals surface area contributed by atoms with Crippen molar-refractivity contribution in [1.82, 2.24) is 9.55 Å². The van der Waals surface area contributed by atoms with Crippen LogP contribution in [0.1, 0.15) is 34.6 Å². The number of hydrogen-bond donors (Lipinski definition) is 1. The summed E-state index contributed by atoms with van der Waals surface area (Å²) >= 11 is 0. The van der Waals surface area contributed by atoms with Gasteiger partial charge in [-0.25, -0.2) is 4.98 Å². The first-order chi connectivity index (χ1) is 19.7. The predicted molar refractivity (Wildman–Crippen MR) is 147 cm³/mol. The number of hydrogen-bond acceptors (Lipinski definition) is 7. The van der Waals surface area contributed by atoms with E-state index in [4.69, 9.17) is 18.9 Å². The summed E-state index contributed by atoms with van der Waals surface area (Å²) in [4.78, 5) is 16.6. The molecular weight excluding hydrogens is 541 g/mol. The first kappa shape index (κ1) is 29.3. The Morgan fingerprint density at radius 3 is 2.34 bits per heavy atom. The van der Waals surface area contributed by atoms with Crippen molar-refractivity contribution in [2.45, 2.75) is 25.6 Å². The van der Waals surface area contributed by atoms with Crippen LogP contribution in [0.15, 0.2) is 60.7 Å². The summed E-state index contributed by atoms with van der Waals surface area (Å²) in [6, 6.07) is 14.8. The van der Waals surface area contributed by atoms with Gasteiger partial charge in [0.1, 0.15) is 17.1 Å². The molecule has 0 amide bonds. The average Bonchev–Trinajstić information content (AvgIpc) is 3.35. The second kappa shape index (κ2) is 12.7. The molecule has 4 aromatic rings. The lowest BCUT2D eigenvalue weighted by atomic mass is 10.0. The number of unbranched alkanes of at least 4 members (excludes halogenated alkanes) is 1. The molecule has 3 aromatic carbocycles. The number of methoxy groups -OCH3 is 3. The largest absolute Gasteiger partial charge is 0.507 e. The van der Waals surface area contributed by atoms with E-state index in [1.54, 1.807) is 54.6 Å². The molecule has 4 rings (SSSR count). The topological polar surface area (TPSA) is 92.0 Å². The molecule has 0 saturated carbocycles. The normalized spacial score (nSPS) is 11.7. The quantitative estimate of drug-likeness (QED) is 0.117. The number of ketones is 1. The van der Waals surface area contributed by atoms with Crippen molar-refractivity contribution in [1.29, 1.82) is 0 Å². The second-order valence-electron chi connectivity index (χ2n) is 8.94. The summed E-state index contributed by atoms with van der Waals surface area (Å²) in [5.74, 6) is -0.671. The molecule has 0 saturated heterocycles. The van der Waals surface area contributed by atoms with E-state index in [2.05, 4.69) is 4.98 Å². The lowest BCUT2D eigenvalue weighted by Gasteiger charge is -2.15. The minimum Gasteiger partial charge on any atom is -0.507 e. The summed E-state index contributed by atoms with van der Waals surface area (Å²) in [5.41, 5.74) is 1.40. The third-order valence-electron chi connectivity index (χ3n) is 6.32. The highest BCUT2D eigenvalue weighted by Gasteiger charge is 2.37. The SMILES string of the molecule is COc1cc(O)c(C(=O)/C=C/c2ccc(OCCCCn3c(C(F)(F)F)nc4ccccc43)cc2)c(OC)c1OC. The minimum atomic E-state index is -4.54. The van der Waals surface area contributed by atoms with E-state index in [0.29, 0.717) is 41.8 Å². The van der Waals surface area contributed by atoms with Crippen LogP contribution in [-0.4, -0.2) is 48.4 Å². The van der Waals surface area contributed by atoms with Crippen molar-refractivity contribution >= 4 is 22.9 Å². The number of rotatable bonds is 12. The summed E-state index contributed by atoms with van der Waals surface area (Å²) < 4.78 is 63.1. The van der Waals surface area contributed by atoms with Crippen LogP contribution in [0.5, 0.6) is 28.7 Å². The fraction of sp³-hybridized carbons (Fsp3) is 0.267. The number of halogens is 3. The number of ether oxygens (including phenoxy) is 4. The maximum absolute atomic E-state index is 13.5. The van der Waals surface area contributed by atoms with E-state index < -0.39 is 17.8 Å². The summed E-state index contributed by atoms with van der Waals surface area (Å²) in [7, 11) is 4.16. The van der Waals surface area contributed by atoms with Gasteiger partial charge in [0.2, 0.25) is 11.6 Å². The van der Waals surface area contributed by atoms with Crippen LogP contribution in [0.3, 0.4) is 0 Å². The van der Waals surface area contributed by atoms with Crippen LogP contribution in [0.2, 0.25) is 0 Å². The van der Waals surface area contributed by atoms with Gasteiger partial charge in [-0.1, -0.05) is 30.3 Å². The van der Waals surface area contributed by atoms with Crippen molar-refractivity contribution in [2.75, 3.05) is 27.9 Å². The zero-order valence-electron chi connectivity index (χ0n) is 22.7. The van der Waals surface area contributed by atoms with E-state index in [1.807, 2.05) is 0 Å². The Labute approximate surface area is 234 Å². The molecule has 0 aliphatic carbocycles. The molecule has 0 radical (unpaired) electrons. The third kappa shape index (κ3) is 6.56. The third-order valence-corrected chi connectivity index (χ3v) is 6.32. The van der Waals surface area contributed by atoms with Crippen molar-refractivity contribution in [2.24, 2.45) is 0 Å². The van der Waals surface area contributed by atoms with Gasteiger partial charge in [-0.15, -0.1) is 0 Å². The van der Waals surface area contributed by atoms with E-state index in [9.17, 15) is 23.1 Å². The minimum absolute atomic E-state index is 0.0543. The Kier molecular flexibility index (Phi) is 9.06. The number of carbonyl (C=O) groups is 1. The number of carbonyl (C=O) groups excluding carboxylic acids is 1. The monoisotopic (exact) mass is 570 g/mol. The van der Waals surface area contributed by atoms with E-state index in [1.165, 1.54) is 38.0 Å². The first-order valence-electron chi connectivity index (χ1n) is 12.7. The van der Waals surface area contributed by atoms with Gasteiger partial charge in [0.05, 0.1) is 39.0 Å². The Morgan fingerprint density at radius 2 is 1.68 bits per heavy atom. The van der Waals surface area contributed by atoms with Gasteiger partial charge in [0, 0.05) is 12.6 Å². The number of aromatic nitrogens is 2. The predicted octanol–water partition coefficient (Wildman–Crippen LogP) is 6.54. The molecule has 0 fully saturated rings. The standard InChI is InChI=1S/C30H29F3N2O6/c1-38-25-18-24(37)26(28(40-3)27(25)39-2)23(36)15-12-19-10-13-20(14-11-19)41-17-7-6-16-35-22-9-5-4-8-21(22)34-29(35)30(31,32)33/h4-5,8-15,18,37H,6-7,16-17H2,1-3H3/b15-12+.